The largest absolute Gasteiger partial charge is 0.331 e. The molecule has 0 radical (unpaired) electrons. The van der Waals surface area contributed by atoms with Crippen LogP contribution in [0.2, 0.25) is 0 Å². The van der Waals surface area contributed by atoms with Gasteiger partial charge in [0, 0.05) is 26.2 Å². The topological polar surface area (TPSA) is 38.8 Å². The summed E-state index contributed by atoms with van der Waals surface area (Å²) in [5.41, 5.74) is 0.909. The van der Waals surface area contributed by atoms with Crippen molar-refractivity contribution in [2.24, 2.45) is 0 Å². The molecule has 0 saturated carbocycles. The van der Waals surface area contributed by atoms with Crippen molar-refractivity contribution in [1.82, 2.24) is 20.0 Å². The van der Waals surface area contributed by atoms with E-state index in [0.717, 1.165) is 51.3 Å². The lowest BCUT2D eigenvalue weighted by atomic mass is 10.1. The van der Waals surface area contributed by atoms with E-state index in [4.69, 9.17) is 0 Å². The lowest BCUT2D eigenvalue weighted by molar-refractivity contribution is 0.135. The molecule has 1 aromatic rings. The SMILES string of the molecule is C[C@@H](NC(=O)N1CCN(CCCN(C)C)CC1)c1ccc(F)cc1. The number of carbonyl (C=O) groups excluding carboxylic acids is 1. The first-order chi connectivity index (χ1) is 11.5. The summed E-state index contributed by atoms with van der Waals surface area (Å²) in [6.07, 6.45) is 1.15. The van der Waals surface area contributed by atoms with Crippen LogP contribution in [0.25, 0.3) is 0 Å². The smallest absolute Gasteiger partial charge is 0.317 e. The van der Waals surface area contributed by atoms with Gasteiger partial charge in [-0.2, -0.15) is 0 Å². The molecule has 1 fully saturated rings. The van der Waals surface area contributed by atoms with Crippen molar-refractivity contribution in [3.05, 3.63) is 35.6 Å². The van der Waals surface area contributed by atoms with Crippen molar-refractivity contribution in [3.8, 4) is 0 Å². The third kappa shape index (κ3) is 5.76. The number of rotatable bonds is 6. The number of urea groups is 1. The van der Waals surface area contributed by atoms with Gasteiger partial charge < -0.3 is 15.1 Å². The third-order valence-electron chi connectivity index (χ3n) is 4.45. The minimum atomic E-state index is -0.261. The summed E-state index contributed by atoms with van der Waals surface area (Å²) in [4.78, 5) is 18.8. The summed E-state index contributed by atoms with van der Waals surface area (Å²) in [5, 5.41) is 3.00. The maximum Gasteiger partial charge on any atom is 0.317 e. The van der Waals surface area contributed by atoms with Gasteiger partial charge in [0.2, 0.25) is 0 Å². The maximum atomic E-state index is 13.0. The fourth-order valence-corrected chi connectivity index (χ4v) is 2.90. The van der Waals surface area contributed by atoms with E-state index in [1.54, 1.807) is 12.1 Å². The van der Waals surface area contributed by atoms with Crippen LogP contribution < -0.4 is 5.32 Å². The Kier molecular flexibility index (Phi) is 6.99. The molecule has 0 spiro atoms. The number of hydrogen-bond donors (Lipinski definition) is 1. The number of nitrogens with one attached hydrogen (secondary N) is 1. The number of halogens is 1. The molecule has 134 valence electrons. The highest BCUT2D eigenvalue weighted by Gasteiger charge is 2.22. The van der Waals surface area contributed by atoms with Crippen LogP contribution >= 0.6 is 0 Å². The van der Waals surface area contributed by atoms with Crippen molar-refractivity contribution in [2.75, 3.05) is 53.4 Å². The summed E-state index contributed by atoms with van der Waals surface area (Å²) >= 11 is 0. The monoisotopic (exact) mass is 336 g/mol. The van der Waals surface area contributed by atoms with Gasteiger partial charge in [0.1, 0.15) is 5.82 Å². The summed E-state index contributed by atoms with van der Waals surface area (Å²) in [6.45, 7) is 7.45. The van der Waals surface area contributed by atoms with Gasteiger partial charge in [0.25, 0.3) is 0 Å². The number of nitrogens with zero attached hydrogens (tertiary/aromatic N) is 3. The summed E-state index contributed by atoms with van der Waals surface area (Å²) in [6, 6.07) is 6.09. The number of carbonyl (C=O) groups is 1. The summed E-state index contributed by atoms with van der Waals surface area (Å²) in [5.74, 6) is -0.261. The van der Waals surface area contributed by atoms with Gasteiger partial charge in [0.15, 0.2) is 0 Å². The van der Waals surface area contributed by atoms with E-state index in [0.29, 0.717) is 0 Å². The summed E-state index contributed by atoms with van der Waals surface area (Å²) in [7, 11) is 4.18. The van der Waals surface area contributed by atoms with Crippen molar-refractivity contribution in [1.29, 1.82) is 0 Å². The molecule has 1 heterocycles. The van der Waals surface area contributed by atoms with Crippen LogP contribution in [-0.4, -0.2) is 74.1 Å². The van der Waals surface area contributed by atoms with Gasteiger partial charge >= 0.3 is 6.03 Å². The minimum Gasteiger partial charge on any atom is -0.331 e. The molecule has 0 aromatic heterocycles. The van der Waals surface area contributed by atoms with Crippen LogP contribution in [-0.2, 0) is 0 Å². The van der Waals surface area contributed by atoms with Crippen molar-refractivity contribution in [3.63, 3.8) is 0 Å². The Morgan fingerprint density at radius 2 is 1.83 bits per heavy atom. The Hall–Kier alpha value is -1.66. The molecule has 0 bridgehead atoms. The van der Waals surface area contributed by atoms with Gasteiger partial charge in [-0.1, -0.05) is 12.1 Å². The Morgan fingerprint density at radius 1 is 1.21 bits per heavy atom. The molecule has 1 aliphatic heterocycles. The van der Waals surface area contributed by atoms with Crippen LogP contribution in [0.5, 0.6) is 0 Å². The molecule has 24 heavy (non-hydrogen) atoms. The Morgan fingerprint density at radius 3 is 2.42 bits per heavy atom. The van der Waals surface area contributed by atoms with E-state index in [2.05, 4.69) is 29.2 Å². The molecule has 1 atom stereocenters. The average molecular weight is 336 g/mol. The first-order valence-corrected chi connectivity index (χ1v) is 8.63. The van der Waals surface area contributed by atoms with Gasteiger partial charge in [-0.3, -0.25) is 4.90 Å². The molecule has 1 N–H and O–H groups in total. The number of piperazine rings is 1. The quantitative estimate of drug-likeness (QED) is 0.865. The fourth-order valence-electron chi connectivity index (χ4n) is 2.90. The van der Waals surface area contributed by atoms with Crippen molar-refractivity contribution >= 4 is 6.03 Å². The van der Waals surface area contributed by atoms with E-state index in [-0.39, 0.29) is 17.9 Å². The maximum absolute atomic E-state index is 13.0. The highest BCUT2D eigenvalue weighted by Crippen LogP contribution is 2.13. The second-order valence-electron chi connectivity index (χ2n) is 6.71. The minimum absolute atomic E-state index is 0.0419. The van der Waals surface area contributed by atoms with Crippen LogP contribution in [0.1, 0.15) is 24.9 Å². The van der Waals surface area contributed by atoms with E-state index < -0.39 is 0 Å². The van der Waals surface area contributed by atoms with E-state index in [1.807, 2.05) is 11.8 Å². The van der Waals surface area contributed by atoms with Gasteiger partial charge in [-0.25, -0.2) is 9.18 Å². The van der Waals surface area contributed by atoms with Crippen LogP contribution in [0.3, 0.4) is 0 Å². The normalized spacial score (nSPS) is 17.1. The van der Waals surface area contributed by atoms with Crippen molar-refractivity contribution in [2.45, 2.75) is 19.4 Å². The van der Waals surface area contributed by atoms with E-state index in [1.165, 1.54) is 12.1 Å². The third-order valence-corrected chi connectivity index (χ3v) is 4.45. The molecular formula is C18H29FN4O. The highest BCUT2D eigenvalue weighted by atomic mass is 19.1. The van der Waals surface area contributed by atoms with Crippen LogP contribution in [0, 0.1) is 5.82 Å². The Bertz CT molecular complexity index is 512. The van der Waals surface area contributed by atoms with E-state index in [9.17, 15) is 9.18 Å². The fraction of sp³-hybridized carbons (Fsp3) is 0.611. The zero-order valence-corrected chi connectivity index (χ0v) is 15.0. The lowest BCUT2D eigenvalue weighted by Crippen LogP contribution is -2.52. The van der Waals surface area contributed by atoms with Crippen LogP contribution in [0.4, 0.5) is 9.18 Å². The number of hydrogen-bond acceptors (Lipinski definition) is 3. The molecule has 2 rings (SSSR count). The van der Waals surface area contributed by atoms with Gasteiger partial charge in [-0.05, 0) is 58.2 Å². The zero-order chi connectivity index (χ0) is 17.5. The second-order valence-corrected chi connectivity index (χ2v) is 6.71. The van der Waals surface area contributed by atoms with E-state index >= 15 is 0 Å². The molecule has 6 heteroatoms. The number of amides is 2. The first-order valence-electron chi connectivity index (χ1n) is 8.63. The molecule has 0 unspecified atom stereocenters. The second kappa shape index (κ2) is 8.99. The molecule has 0 aliphatic carbocycles. The van der Waals surface area contributed by atoms with Gasteiger partial charge in [0.05, 0.1) is 6.04 Å². The first kappa shape index (κ1) is 18.7. The predicted molar refractivity (Wildman–Crippen MR) is 94.5 cm³/mol. The van der Waals surface area contributed by atoms with Crippen LogP contribution in [0.15, 0.2) is 24.3 Å². The Balaban J connectivity index is 1.73. The summed E-state index contributed by atoms with van der Waals surface area (Å²) < 4.78 is 13.0. The lowest BCUT2D eigenvalue weighted by Gasteiger charge is -2.35. The molecule has 1 aliphatic rings. The number of benzene rings is 1. The molecular weight excluding hydrogens is 307 g/mol. The van der Waals surface area contributed by atoms with Crippen molar-refractivity contribution < 1.29 is 9.18 Å². The molecule has 5 nitrogen and oxygen atoms in total. The predicted octanol–water partition coefficient (Wildman–Crippen LogP) is 2.17. The highest BCUT2D eigenvalue weighted by molar-refractivity contribution is 5.74. The zero-order valence-electron chi connectivity index (χ0n) is 15.0. The standard InChI is InChI=1S/C18H29FN4O/c1-15(16-5-7-17(19)8-6-16)20-18(24)23-13-11-22(12-14-23)10-4-9-21(2)3/h5-8,15H,4,9-14H2,1-3H3,(H,20,24)/t15-/m1/s1. The Labute approximate surface area is 144 Å². The average Bonchev–Trinajstić information content (AvgIpc) is 2.55. The van der Waals surface area contributed by atoms with Gasteiger partial charge in [-0.15, -0.1) is 0 Å². The molecule has 1 saturated heterocycles. The molecule has 2 amide bonds. The molecule has 1 aromatic carbocycles.